The van der Waals surface area contributed by atoms with Gasteiger partial charge in [-0.25, -0.2) is 0 Å². The molecule has 0 saturated carbocycles. The van der Waals surface area contributed by atoms with Crippen molar-refractivity contribution >= 4 is 23.4 Å². The molecule has 0 heterocycles. The zero-order chi connectivity index (χ0) is 21.9. The van der Waals surface area contributed by atoms with Crippen molar-refractivity contribution in [1.82, 2.24) is 10.2 Å². The minimum absolute atomic E-state index is 0.0253. The summed E-state index contributed by atoms with van der Waals surface area (Å²) in [7, 11) is 0. The van der Waals surface area contributed by atoms with E-state index >= 15 is 0 Å². The summed E-state index contributed by atoms with van der Waals surface area (Å²) >= 11 is 5.99. The quantitative estimate of drug-likeness (QED) is 0.502. The third-order valence-corrected chi connectivity index (χ3v) is 5.57. The Labute approximate surface area is 185 Å². The van der Waals surface area contributed by atoms with E-state index in [9.17, 15) is 9.59 Å². The number of hydrogen-bond donors (Lipinski definition) is 1. The van der Waals surface area contributed by atoms with Gasteiger partial charge in [-0.05, 0) is 55.0 Å². The molecule has 0 aliphatic rings. The molecule has 0 radical (unpaired) electrons. The lowest BCUT2D eigenvalue weighted by molar-refractivity contribution is -0.140. The maximum absolute atomic E-state index is 13.1. The van der Waals surface area contributed by atoms with Gasteiger partial charge in [-0.2, -0.15) is 0 Å². The van der Waals surface area contributed by atoms with Crippen LogP contribution in [0.25, 0.3) is 0 Å². The number of carbonyl (C=O) groups is 2. The van der Waals surface area contributed by atoms with E-state index in [0.717, 1.165) is 30.4 Å². The van der Waals surface area contributed by atoms with Gasteiger partial charge in [-0.15, -0.1) is 0 Å². The Balaban J connectivity index is 2.08. The average Bonchev–Trinajstić information content (AvgIpc) is 2.77. The van der Waals surface area contributed by atoms with Gasteiger partial charge in [0.25, 0.3) is 0 Å². The monoisotopic (exact) mass is 428 g/mol. The van der Waals surface area contributed by atoms with Gasteiger partial charge in [0.15, 0.2) is 0 Å². The molecule has 0 fully saturated rings. The van der Waals surface area contributed by atoms with Crippen LogP contribution in [0, 0.1) is 0 Å². The van der Waals surface area contributed by atoms with Crippen LogP contribution in [-0.2, 0) is 29.0 Å². The fourth-order valence-corrected chi connectivity index (χ4v) is 3.37. The Morgan fingerprint density at radius 2 is 1.57 bits per heavy atom. The second-order valence-corrected chi connectivity index (χ2v) is 8.08. The minimum atomic E-state index is -0.535. The number of carbonyl (C=O) groups excluding carboxylic acids is 2. The van der Waals surface area contributed by atoms with Gasteiger partial charge < -0.3 is 10.2 Å². The molecule has 2 aromatic rings. The number of amides is 2. The van der Waals surface area contributed by atoms with Gasteiger partial charge in [0.05, 0.1) is 0 Å². The minimum Gasteiger partial charge on any atom is -0.354 e. The van der Waals surface area contributed by atoms with Crippen LogP contribution in [0.4, 0.5) is 0 Å². The van der Waals surface area contributed by atoms with Crippen LogP contribution in [0.5, 0.6) is 0 Å². The fourth-order valence-electron chi connectivity index (χ4n) is 3.24. The smallest absolute Gasteiger partial charge is 0.242 e. The summed E-state index contributed by atoms with van der Waals surface area (Å²) in [6, 6.07) is 15.2. The fraction of sp³-hybridized carbons (Fsp3) is 0.440. The third kappa shape index (κ3) is 7.49. The SMILES string of the molecule is CCCCNC(=O)C(C)N(Cc1ccc(Cl)cc1)C(=O)CCc1ccc(CC)cc1. The Morgan fingerprint density at radius 1 is 0.967 bits per heavy atom. The summed E-state index contributed by atoms with van der Waals surface area (Å²) in [4.78, 5) is 27.4. The van der Waals surface area contributed by atoms with Crippen molar-refractivity contribution in [1.29, 1.82) is 0 Å². The molecule has 0 spiro atoms. The molecule has 0 saturated heterocycles. The van der Waals surface area contributed by atoms with Crippen LogP contribution in [0.15, 0.2) is 48.5 Å². The predicted octanol–water partition coefficient (Wildman–Crippen LogP) is 5.17. The molecular weight excluding hydrogens is 396 g/mol. The number of aryl methyl sites for hydroxylation is 2. The van der Waals surface area contributed by atoms with E-state index in [2.05, 4.69) is 43.4 Å². The summed E-state index contributed by atoms with van der Waals surface area (Å²) in [5.41, 5.74) is 3.37. The lowest BCUT2D eigenvalue weighted by Gasteiger charge is -2.29. The average molecular weight is 429 g/mol. The largest absolute Gasteiger partial charge is 0.354 e. The normalized spacial score (nSPS) is 11.7. The van der Waals surface area contributed by atoms with E-state index in [0.29, 0.717) is 31.0 Å². The van der Waals surface area contributed by atoms with E-state index in [1.165, 1.54) is 5.56 Å². The van der Waals surface area contributed by atoms with Crippen molar-refractivity contribution < 1.29 is 9.59 Å². The lowest BCUT2D eigenvalue weighted by Crippen LogP contribution is -2.47. The van der Waals surface area contributed by atoms with E-state index in [1.807, 2.05) is 12.1 Å². The van der Waals surface area contributed by atoms with Crippen LogP contribution in [0.1, 0.15) is 56.7 Å². The number of halogens is 1. The second kappa shape index (κ2) is 12.4. The first-order valence-corrected chi connectivity index (χ1v) is 11.2. The molecule has 1 atom stereocenters. The van der Waals surface area contributed by atoms with Crippen molar-refractivity contribution in [3.63, 3.8) is 0 Å². The lowest BCUT2D eigenvalue weighted by atomic mass is 10.0. The zero-order valence-corrected chi connectivity index (χ0v) is 19.0. The standard InChI is InChI=1S/C25H33ClN2O2/c1-4-6-17-27-25(30)19(3)28(18-22-11-14-23(26)15-12-22)24(29)16-13-21-9-7-20(5-2)8-10-21/h7-12,14-15,19H,4-6,13,16-18H2,1-3H3,(H,27,30). The number of hydrogen-bond acceptors (Lipinski definition) is 2. The van der Waals surface area contributed by atoms with Crippen molar-refractivity contribution in [2.24, 2.45) is 0 Å². The molecule has 0 aromatic heterocycles. The van der Waals surface area contributed by atoms with Crippen LogP contribution < -0.4 is 5.32 Å². The first kappa shape index (κ1) is 23.9. The molecule has 2 rings (SSSR count). The zero-order valence-electron chi connectivity index (χ0n) is 18.3. The van der Waals surface area contributed by atoms with Crippen LogP contribution >= 0.6 is 11.6 Å². The predicted molar refractivity (Wildman–Crippen MR) is 124 cm³/mol. The van der Waals surface area contributed by atoms with Gasteiger partial charge in [0.2, 0.25) is 11.8 Å². The molecule has 0 aliphatic heterocycles. The molecule has 2 aromatic carbocycles. The Kier molecular flexibility index (Phi) is 9.88. The van der Waals surface area contributed by atoms with Crippen LogP contribution in [0.2, 0.25) is 5.02 Å². The molecule has 0 bridgehead atoms. The van der Waals surface area contributed by atoms with Crippen molar-refractivity contribution in [2.45, 2.75) is 65.5 Å². The molecule has 30 heavy (non-hydrogen) atoms. The topological polar surface area (TPSA) is 49.4 Å². The number of nitrogens with zero attached hydrogens (tertiary/aromatic N) is 1. The first-order valence-electron chi connectivity index (χ1n) is 10.8. The van der Waals surface area contributed by atoms with Gasteiger partial charge in [-0.1, -0.05) is 68.3 Å². The number of rotatable bonds is 11. The molecule has 1 unspecified atom stereocenters. The molecule has 162 valence electrons. The summed E-state index contributed by atoms with van der Waals surface area (Å²) in [6.07, 6.45) is 3.96. The highest BCUT2D eigenvalue weighted by atomic mass is 35.5. The van der Waals surface area contributed by atoms with E-state index < -0.39 is 6.04 Å². The Bertz CT molecular complexity index is 803. The van der Waals surface area contributed by atoms with Crippen molar-refractivity contribution in [3.05, 3.63) is 70.2 Å². The van der Waals surface area contributed by atoms with E-state index in [-0.39, 0.29) is 11.8 Å². The van der Waals surface area contributed by atoms with E-state index in [1.54, 1.807) is 24.0 Å². The van der Waals surface area contributed by atoms with Gasteiger partial charge in [0.1, 0.15) is 6.04 Å². The number of nitrogens with one attached hydrogen (secondary N) is 1. The third-order valence-electron chi connectivity index (χ3n) is 5.32. The van der Waals surface area contributed by atoms with Crippen LogP contribution in [0.3, 0.4) is 0 Å². The maximum atomic E-state index is 13.1. The molecule has 5 heteroatoms. The molecule has 0 aliphatic carbocycles. The van der Waals surface area contributed by atoms with Crippen LogP contribution in [-0.4, -0.2) is 29.3 Å². The number of unbranched alkanes of at least 4 members (excludes halogenated alkanes) is 1. The summed E-state index contributed by atoms with van der Waals surface area (Å²) < 4.78 is 0. The Morgan fingerprint density at radius 3 is 2.17 bits per heavy atom. The molecule has 4 nitrogen and oxygen atoms in total. The summed E-state index contributed by atoms with van der Waals surface area (Å²) in [6.45, 7) is 7.02. The number of benzene rings is 2. The Hall–Kier alpha value is -2.33. The van der Waals surface area contributed by atoms with E-state index in [4.69, 9.17) is 11.6 Å². The van der Waals surface area contributed by atoms with Gasteiger partial charge >= 0.3 is 0 Å². The highest BCUT2D eigenvalue weighted by molar-refractivity contribution is 6.30. The van der Waals surface area contributed by atoms with Crippen molar-refractivity contribution in [2.75, 3.05) is 6.54 Å². The summed E-state index contributed by atoms with van der Waals surface area (Å²) in [5, 5.41) is 3.60. The molecule has 2 amide bonds. The highest BCUT2D eigenvalue weighted by Gasteiger charge is 2.25. The summed E-state index contributed by atoms with van der Waals surface area (Å²) in [5.74, 6) is -0.138. The maximum Gasteiger partial charge on any atom is 0.242 e. The van der Waals surface area contributed by atoms with Gasteiger partial charge in [0, 0.05) is 24.5 Å². The van der Waals surface area contributed by atoms with Gasteiger partial charge in [-0.3, -0.25) is 9.59 Å². The second-order valence-electron chi connectivity index (χ2n) is 7.64. The molecular formula is C25H33ClN2O2. The molecule has 1 N–H and O–H groups in total. The van der Waals surface area contributed by atoms with Crippen molar-refractivity contribution in [3.8, 4) is 0 Å². The highest BCUT2D eigenvalue weighted by Crippen LogP contribution is 2.16. The first-order chi connectivity index (χ1) is 14.4.